The van der Waals surface area contributed by atoms with Gasteiger partial charge in [0.25, 0.3) is 9.03 Å². The van der Waals surface area contributed by atoms with Crippen molar-refractivity contribution in [3.8, 4) is 17.2 Å². The topological polar surface area (TPSA) is 54.0 Å². The van der Waals surface area contributed by atoms with Gasteiger partial charge in [-0.1, -0.05) is 0 Å². The molecule has 0 radical (unpaired) electrons. The Morgan fingerprint density at radius 3 is 2.93 bits per heavy atom. The Balaban J connectivity index is 2.48. The SMILES string of the molecule is COC(=O)c1cc(OP)c2c(c1)OPO2. The molecule has 0 saturated carbocycles. The Labute approximate surface area is 90.3 Å². The maximum atomic E-state index is 11.3. The first kappa shape index (κ1) is 10.5. The number of hydrogen-bond donors (Lipinski definition) is 0. The summed E-state index contributed by atoms with van der Waals surface area (Å²) >= 11 is 0. The third-order valence-corrected chi connectivity index (χ3v) is 2.71. The van der Waals surface area contributed by atoms with E-state index in [0.29, 0.717) is 22.8 Å². The van der Waals surface area contributed by atoms with Gasteiger partial charge in [0.1, 0.15) is 0 Å². The highest BCUT2D eigenvalue weighted by atomic mass is 31.1. The maximum Gasteiger partial charge on any atom is 0.338 e. The molecule has 0 aliphatic carbocycles. The summed E-state index contributed by atoms with van der Waals surface area (Å²) in [5.41, 5.74) is 0.365. The molecular formula is C8H8O5P2. The van der Waals surface area contributed by atoms with Crippen molar-refractivity contribution in [2.45, 2.75) is 0 Å². The zero-order valence-electron chi connectivity index (χ0n) is 7.77. The molecule has 5 nitrogen and oxygen atoms in total. The van der Waals surface area contributed by atoms with Gasteiger partial charge in [0.15, 0.2) is 11.5 Å². The number of benzene rings is 1. The third kappa shape index (κ3) is 1.85. The van der Waals surface area contributed by atoms with Gasteiger partial charge in [-0.25, -0.2) is 4.79 Å². The van der Waals surface area contributed by atoms with Gasteiger partial charge in [0, 0.05) is 0 Å². The summed E-state index contributed by atoms with van der Waals surface area (Å²) in [6.07, 6.45) is 0. The van der Waals surface area contributed by atoms with Gasteiger partial charge < -0.3 is 18.3 Å². The number of rotatable bonds is 2. The molecule has 7 heteroatoms. The summed E-state index contributed by atoms with van der Waals surface area (Å²) in [4.78, 5) is 11.3. The molecule has 1 aliphatic heterocycles. The van der Waals surface area contributed by atoms with E-state index in [0.717, 1.165) is 0 Å². The predicted molar refractivity (Wildman–Crippen MR) is 57.7 cm³/mol. The summed E-state index contributed by atoms with van der Waals surface area (Å²) in [5, 5.41) is 0. The molecule has 1 aromatic carbocycles. The molecule has 2 rings (SSSR count). The average Bonchev–Trinajstić information content (AvgIpc) is 2.74. The second-order valence-corrected chi connectivity index (χ2v) is 3.51. The van der Waals surface area contributed by atoms with Crippen LogP contribution in [0, 0.1) is 0 Å². The van der Waals surface area contributed by atoms with Gasteiger partial charge in [-0.05, 0) is 12.1 Å². The summed E-state index contributed by atoms with van der Waals surface area (Å²) in [5.74, 6) is 0.993. The average molecular weight is 246 g/mol. The fourth-order valence-electron chi connectivity index (χ4n) is 1.18. The molecule has 0 saturated heterocycles. The monoisotopic (exact) mass is 246 g/mol. The molecule has 0 spiro atoms. The van der Waals surface area contributed by atoms with Gasteiger partial charge in [0.2, 0.25) is 5.75 Å². The first-order valence-electron chi connectivity index (χ1n) is 3.98. The fraction of sp³-hybridized carbons (Fsp3) is 0.125. The lowest BCUT2D eigenvalue weighted by Gasteiger charge is -2.06. The summed E-state index contributed by atoms with van der Waals surface area (Å²) in [6.45, 7) is 0. The van der Waals surface area contributed by atoms with Crippen LogP contribution in [0.4, 0.5) is 0 Å². The molecule has 2 atom stereocenters. The maximum absolute atomic E-state index is 11.3. The number of ether oxygens (including phenoxy) is 1. The van der Waals surface area contributed by atoms with E-state index >= 15 is 0 Å². The first-order chi connectivity index (χ1) is 7.26. The van der Waals surface area contributed by atoms with E-state index in [1.807, 2.05) is 0 Å². The lowest BCUT2D eigenvalue weighted by Crippen LogP contribution is -2.01. The smallest absolute Gasteiger partial charge is 0.338 e. The number of carbonyl (C=O) groups is 1. The van der Waals surface area contributed by atoms with Crippen LogP contribution in [0.15, 0.2) is 12.1 Å². The molecule has 0 aromatic heterocycles. The van der Waals surface area contributed by atoms with E-state index in [-0.39, 0.29) is 9.03 Å². The number of carbonyl (C=O) groups excluding carboxylic acids is 1. The van der Waals surface area contributed by atoms with Crippen LogP contribution in [-0.4, -0.2) is 13.1 Å². The number of esters is 1. The highest BCUT2D eigenvalue weighted by Crippen LogP contribution is 2.49. The quantitative estimate of drug-likeness (QED) is 0.589. The molecule has 0 amide bonds. The molecule has 1 aromatic rings. The van der Waals surface area contributed by atoms with Crippen molar-refractivity contribution in [2.24, 2.45) is 0 Å². The number of fused-ring (bicyclic) bond motifs is 1. The Kier molecular flexibility index (Phi) is 2.94. The van der Waals surface area contributed by atoms with E-state index in [1.54, 1.807) is 6.07 Å². The second kappa shape index (κ2) is 4.21. The number of hydrogen-bond acceptors (Lipinski definition) is 5. The van der Waals surface area contributed by atoms with Crippen molar-refractivity contribution in [1.29, 1.82) is 0 Å². The van der Waals surface area contributed by atoms with E-state index in [4.69, 9.17) is 13.6 Å². The Hall–Kier alpha value is -1.05. The zero-order valence-corrected chi connectivity index (χ0v) is 9.93. The van der Waals surface area contributed by atoms with Gasteiger partial charge in [-0.15, -0.1) is 0 Å². The van der Waals surface area contributed by atoms with E-state index in [2.05, 4.69) is 14.2 Å². The lowest BCUT2D eigenvalue weighted by molar-refractivity contribution is 0.0600. The summed E-state index contributed by atoms with van der Waals surface area (Å²) < 4.78 is 20.0. The van der Waals surface area contributed by atoms with Gasteiger partial charge >= 0.3 is 5.97 Å². The van der Waals surface area contributed by atoms with Crippen molar-refractivity contribution >= 4 is 24.5 Å². The molecule has 0 N–H and O–H groups in total. The van der Waals surface area contributed by atoms with Crippen LogP contribution in [0.1, 0.15) is 10.4 Å². The second-order valence-electron chi connectivity index (χ2n) is 2.70. The molecule has 80 valence electrons. The minimum atomic E-state index is -0.445. The van der Waals surface area contributed by atoms with Crippen LogP contribution in [0.5, 0.6) is 17.2 Å². The molecule has 0 fully saturated rings. The molecule has 15 heavy (non-hydrogen) atoms. The summed E-state index contributed by atoms with van der Waals surface area (Å²) in [6, 6.07) is 3.10. The van der Waals surface area contributed by atoms with E-state index in [1.165, 1.54) is 13.2 Å². The molecule has 0 bridgehead atoms. The Morgan fingerprint density at radius 1 is 1.47 bits per heavy atom. The minimum absolute atomic E-state index is 0.105. The predicted octanol–water partition coefficient (Wildman–Crippen LogP) is 1.92. The lowest BCUT2D eigenvalue weighted by atomic mass is 10.2. The highest BCUT2D eigenvalue weighted by molar-refractivity contribution is 7.27. The fourth-order valence-corrected chi connectivity index (χ4v) is 1.93. The van der Waals surface area contributed by atoms with Crippen LogP contribution in [-0.2, 0) is 4.74 Å². The van der Waals surface area contributed by atoms with Crippen LogP contribution in [0.3, 0.4) is 0 Å². The van der Waals surface area contributed by atoms with Gasteiger partial charge in [-0.2, -0.15) is 0 Å². The van der Waals surface area contributed by atoms with Crippen molar-refractivity contribution in [2.75, 3.05) is 7.11 Å². The van der Waals surface area contributed by atoms with E-state index in [9.17, 15) is 4.79 Å². The van der Waals surface area contributed by atoms with Crippen molar-refractivity contribution in [1.82, 2.24) is 0 Å². The van der Waals surface area contributed by atoms with Gasteiger partial charge in [-0.3, -0.25) is 0 Å². The normalized spacial score (nSPS) is 14.0. The molecule has 1 aliphatic rings. The molecule has 1 heterocycles. The van der Waals surface area contributed by atoms with Crippen LogP contribution < -0.4 is 13.6 Å². The zero-order chi connectivity index (χ0) is 10.8. The van der Waals surface area contributed by atoms with Crippen LogP contribution in [0.2, 0.25) is 0 Å². The molecule has 2 unspecified atom stereocenters. The van der Waals surface area contributed by atoms with Crippen molar-refractivity contribution < 1.29 is 23.1 Å². The summed E-state index contributed by atoms with van der Waals surface area (Å²) in [7, 11) is 3.30. The Morgan fingerprint density at radius 2 is 2.27 bits per heavy atom. The van der Waals surface area contributed by atoms with Crippen LogP contribution >= 0.6 is 18.5 Å². The van der Waals surface area contributed by atoms with Crippen molar-refractivity contribution in [3.05, 3.63) is 17.7 Å². The Bertz CT molecular complexity index is 406. The standard InChI is InChI=1S/C8H8O5P2/c1-10-8(9)4-2-5(11-14)7-6(3-4)12-15-13-7/h2-3,15H,14H2,1H3. The molecular weight excluding hydrogens is 238 g/mol. The first-order valence-corrected chi connectivity index (χ1v) is 5.27. The van der Waals surface area contributed by atoms with Crippen LogP contribution in [0.25, 0.3) is 0 Å². The minimum Gasteiger partial charge on any atom is -0.476 e. The largest absolute Gasteiger partial charge is 0.476 e. The number of methoxy groups -OCH3 is 1. The van der Waals surface area contributed by atoms with Crippen molar-refractivity contribution in [3.63, 3.8) is 0 Å². The van der Waals surface area contributed by atoms with Gasteiger partial charge in [0.05, 0.1) is 22.1 Å². The highest BCUT2D eigenvalue weighted by Gasteiger charge is 2.23. The van der Waals surface area contributed by atoms with E-state index < -0.39 is 5.97 Å². The third-order valence-electron chi connectivity index (χ3n) is 1.86.